The lowest BCUT2D eigenvalue weighted by Crippen LogP contribution is -1.87. The quantitative estimate of drug-likeness (QED) is 0.693. The van der Waals surface area contributed by atoms with Gasteiger partial charge in [0.05, 0.1) is 6.26 Å². The monoisotopic (exact) mass is 160 g/mol. The minimum atomic E-state index is 0.519. The summed E-state index contributed by atoms with van der Waals surface area (Å²) in [4.78, 5) is 3.95. The lowest BCUT2D eigenvalue weighted by Gasteiger charge is -1.95. The van der Waals surface area contributed by atoms with Crippen LogP contribution in [0.2, 0.25) is 0 Å². The molecule has 0 unspecified atom stereocenters. The van der Waals surface area contributed by atoms with Gasteiger partial charge in [0.25, 0.3) is 0 Å². The number of nitrogens with zero attached hydrogens (tertiary/aromatic N) is 1. The largest absolute Gasteiger partial charge is 0.464 e. The van der Waals surface area contributed by atoms with Gasteiger partial charge in [-0.2, -0.15) is 0 Å². The molecule has 0 aliphatic rings. The van der Waals surface area contributed by atoms with Gasteiger partial charge >= 0.3 is 0 Å². The van der Waals surface area contributed by atoms with Crippen LogP contribution in [0.4, 0.5) is 5.82 Å². The number of pyridine rings is 1. The molecule has 0 saturated heterocycles. The molecule has 0 radical (unpaired) electrons. The third-order valence-electron chi connectivity index (χ3n) is 1.59. The predicted molar refractivity (Wildman–Crippen MR) is 46.4 cm³/mol. The van der Waals surface area contributed by atoms with Gasteiger partial charge in [-0.1, -0.05) is 0 Å². The van der Waals surface area contributed by atoms with Crippen molar-refractivity contribution in [1.82, 2.24) is 4.98 Å². The highest BCUT2D eigenvalue weighted by molar-refractivity contribution is 5.57. The molecule has 60 valence electrons. The number of hydrogen-bond acceptors (Lipinski definition) is 3. The summed E-state index contributed by atoms with van der Waals surface area (Å²) in [5.74, 6) is 1.33. The first kappa shape index (κ1) is 6.91. The molecule has 0 aliphatic carbocycles. The predicted octanol–water partition coefficient (Wildman–Crippen LogP) is 1.92. The summed E-state index contributed by atoms with van der Waals surface area (Å²) in [6, 6.07) is 7.35. The van der Waals surface area contributed by atoms with Crippen molar-refractivity contribution in [3.05, 3.63) is 36.7 Å². The van der Waals surface area contributed by atoms with E-state index in [0.29, 0.717) is 5.82 Å². The molecular formula is C9H8N2O. The SMILES string of the molecule is Nc1ccc(-c2ccco2)cn1. The van der Waals surface area contributed by atoms with Crippen LogP contribution in [-0.2, 0) is 0 Å². The molecule has 2 rings (SSSR count). The molecule has 3 nitrogen and oxygen atoms in total. The number of nitrogens with two attached hydrogens (primary N) is 1. The summed E-state index contributed by atoms with van der Waals surface area (Å²) in [7, 11) is 0. The third-order valence-corrected chi connectivity index (χ3v) is 1.59. The van der Waals surface area contributed by atoms with E-state index in [2.05, 4.69) is 4.98 Å². The Labute approximate surface area is 69.8 Å². The van der Waals surface area contributed by atoms with Gasteiger partial charge in [-0.15, -0.1) is 0 Å². The van der Waals surface area contributed by atoms with Gasteiger partial charge in [0.1, 0.15) is 11.6 Å². The van der Waals surface area contributed by atoms with E-state index >= 15 is 0 Å². The fourth-order valence-corrected chi connectivity index (χ4v) is 0.994. The summed E-state index contributed by atoms with van der Waals surface area (Å²) in [6.07, 6.45) is 3.32. The van der Waals surface area contributed by atoms with Crippen molar-refractivity contribution in [2.24, 2.45) is 0 Å². The summed E-state index contributed by atoms with van der Waals surface area (Å²) in [6.45, 7) is 0. The van der Waals surface area contributed by atoms with Gasteiger partial charge in [-0.3, -0.25) is 0 Å². The van der Waals surface area contributed by atoms with E-state index < -0.39 is 0 Å². The van der Waals surface area contributed by atoms with Crippen molar-refractivity contribution in [3.8, 4) is 11.3 Å². The number of nitrogen functional groups attached to an aromatic ring is 1. The Morgan fingerprint density at radius 3 is 2.75 bits per heavy atom. The highest BCUT2D eigenvalue weighted by Crippen LogP contribution is 2.18. The van der Waals surface area contributed by atoms with E-state index in [9.17, 15) is 0 Å². The highest BCUT2D eigenvalue weighted by atomic mass is 16.3. The Hall–Kier alpha value is -1.77. The Kier molecular flexibility index (Phi) is 1.55. The molecule has 0 aromatic carbocycles. The summed E-state index contributed by atoms with van der Waals surface area (Å²) in [5, 5.41) is 0. The van der Waals surface area contributed by atoms with Crippen LogP contribution in [0.25, 0.3) is 11.3 Å². The molecule has 2 N–H and O–H groups in total. The van der Waals surface area contributed by atoms with Crippen molar-refractivity contribution in [1.29, 1.82) is 0 Å². The van der Waals surface area contributed by atoms with Crippen molar-refractivity contribution in [2.45, 2.75) is 0 Å². The lowest BCUT2D eigenvalue weighted by molar-refractivity contribution is 0.582. The van der Waals surface area contributed by atoms with Crippen LogP contribution in [0, 0.1) is 0 Å². The summed E-state index contributed by atoms with van der Waals surface area (Å²) in [5.41, 5.74) is 6.38. The number of furan rings is 1. The summed E-state index contributed by atoms with van der Waals surface area (Å²) < 4.78 is 5.18. The fourth-order valence-electron chi connectivity index (χ4n) is 0.994. The average molecular weight is 160 g/mol. The Morgan fingerprint density at radius 2 is 2.17 bits per heavy atom. The number of hydrogen-bond donors (Lipinski definition) is 1. The molecule has 3 heteroatoms. The minimum Gasteiger partial charge on any atom is -0.464 e. The zero-order valence-electron chi connectivity index (χ0n) is 6.40. The van der Waals surface area contributed by atoms with Gasteiger partial charge in [-0.25, -0.2) is 4.98 Å². The minimum absolute atomic E-state index is 0.519. The van der Waals surface area contributed by atoms with E-state index in [-0.39, 0.29) is 0 Å². The second kappa shape index (κ2) is 2.70. The van der Waals surface area contributed by atoms with Gasteiger partial charge in [0.15, 0.2) is 0 Å². The molecule has 2 heterocycles. The van der Waals surface area contributed by atoms with Crippen molar-refractivity contribution >= 4 is 5.82 Å². The van der Waals surface area contributed by atoms with Gasteiger partial charge in [-0.05, 0) is 24.3 Å². The normalized spacial score (nSPS) is 10.0. The van der Waals surface area contributed by atoms with Gasteiger partial charge in [0.2, 0.25) is 0 Å². The molecule has 0 fully saturated rings. The number of anilines is 1. The zero-order valence-corrected chi connectivity index (χ0v) is 6.40. The van der Waals surface area contributed by atoms with Gasteiger partial charge < -0.3 is 10.2 Å². The molecule has 2 aromatic heterocycles. The average Bonchev–Trinajstić information content (AvgIpc) is 2.58. The Morgan fingerprint density at radius 1 is 1.25 bits per heavy atom. The van der Waals surface area contributed by atoms with E-state index in [4.69, 9.17) is 10.2 Å². The lowest BCUT2D eigenvalue weighted by atomic mass is 10.2. The second-order valence-electron chi connectivity index (χ2n) is 2.45. The van der Waals surface area contributed by atoms with Gasteiger partial charge in [0, 0.05) is 11.8 Å². The molecule has 0 atom stereocenters. The molecule has 2 aromatic rings. The first-order valence-corrected chi connectivity index (χ1v) is 3.62. The first-order valence-electron chi connectivity index (χ1n) is 3.62. The second-order valence-corrected chi connectivity index (χ2v) is 2.45. The van der Waals surface area contributed by atoms with Crippen LogP contribution in [0.5, 0.6) is 0 Å². The molecule has 12 heavy (non-hydrogen) atoms. The van der Waals surface area contributed by atoms with Crippen molar-refractivity contribution in [3.63, 3.8) is 0 Å². The molecule has 0 spiro atoms. The molecule has 0 aliphatic heterocycles. The standard InChI is InChI=1S/C9H8N2O/c10-9-4-3-7(6-11-9)8-2-1-5-12-8/h1-6H,(H2,10,11). The van der Waals surface area contributed by atoms with E-state index in [1.54, 1.807) is 18.5 Å². The highest BCUT2D eigenvalue weighted by Gasteiger charge is 1.98. The smallest absolute Gasteiger partial charge is 0.135 e. The number of aromatic nitrogens is 1. The van der Waals surface area contributed by atoms with E-state index in [0.717, 1.165) is 11.3 Å². The third kappa shape index (κ3) is 1.16. The Bertz CT molecular complexity index is 351. The van der Waals surface area contributed by atoms with Crippen LogP contribution in [0.1, 0.15) is 0 Å². The molecule has 0 bridgehead atoms. The summed E-state index contributed by atoms with van der Waals surface area (Å²) >= 11 is 0. The number of rotatable bonds is 1. The maximum absolute atomic E-state index is 5.44. The maximum Gasteiger partial charge on any atom is 0.135 e. The van der Waals surface area contributed by atoms with E-state index in [1.165, 1.54) is 0 Å². The zero-order chi connectivity index (χ0) is 8.39. The van der Waals surface area contributed by atoms with Crippen LogP contribution in [0.3, 0.4) is 0 Å². The fraction of sp³-hybridized carbons (Fsp3) is 0. The van der Waals surface area contributed by atoms with E-state index in [1.807, 2.05) is 18.2 Å². The van der Waals surface area contributed by atoms with Crippen molar-refractivity contribution < 1.29 is 4.42 Å². The first-order chi connectivity index (χ1) is 5.86. The van der Waals surface area contributed by atoms with Crippen LogP contribution in [0.15, 0.2) is 41.1 Å². The molecule has 0 amide bonds. The van der Waals surface area contributed by atoms with Crippen LogP contribution < -0.4 is 5.73 Å². The Balaban J connectivity index is 2.43. The molecular weight excluding hydrogens is 152 g/mol. The molecule has 0 saturated carbocycles. The van der Waals surface area contributed by atoms with Crippen LogP contribution in [-0.4, -0.2) is 4.98 Å². The topological polar surface area (TPSA) is 52.0 Å². The van der Waals surface area contributed by atoms with Crippen molar-refractivity contribution in [2.75, 3.05) is 5.73 Å². The van der Waals surface area contributed by atoms with Crippen LogP contribution >= 0.6 is 0 Å². The maximum atomic E-state index is 5.44.